The number of piperidine rings is 1. The highest BCUT2D eigenvalue weighted by Crippen LogP contribution is 2.29. The number of fused-ring (bicyclic) bond motifs is 1. The number of rotatable bonds is 2. The molecule has 3 aromatic rings. The lowest BCUT2D eigenvalue weighted by Crippen LogP contribution is -2.40. The van der Waals surface area contributed by atoms with Crippen LogP contribution in [0.15, 0.2) is 37.1 Å². The number of likely N-dealkylation sites (tertiary alicyclic amines) is 1. The Bertz CT molecular complexity index is 947. The maximum absolute atomic E-state index is 12.9. The molecule has 1 amide bonds. The van der Waals surface area contributed by atoms with E-state index in [1.54, 1.807) is 28.0 Å². The molecule has 7 nitrogen and oxygen atoms in total. The fourth-order valence-corrected chi connectivity index (χ4v) is 3.22. The Hall–Kier alpha value is -2.91. The third-order valence-electron chi connectivity index (χ3n) is 4.51. The zero-order valence-electron chi connectivity index (χ0n) is 13.6. The molecule has 4 rings (SSSR count). The highest BCUT2D eigenvalue weighted by atomic mass is 19.4. The lowest BCUT2D eigenvalue weighted by molar-refractivity contribution is -0.141. The summed E-state index contributed by atoms with van der Waals surface area (Å²) in [6.45, 7) is 0.843. The average Bonchev–Trinajstić information content (AvgIpc) is 3.28. The van der Waals surface area contributed by atoms with Gasteiger partial charge in [0, 0.05) is 31.7 Å². The van der Waals surface area contributed by atoms with Crippen molar-refractivity contribution in [1.82, 2.24) is 29.3 Å². The zero-order chi connectivity index (χ0) is 18.3. The molecule has 10 heteroatoms. The van der Waals surface area contributed by atoms with Crippen LogP contribution in [0.1, 0.15) is 34.9 Å². The molecular formula is C16H15F3N6O. The predicted molar refractivity (Wildman–Crippen MR) is 84.4 cm³/mol. The second-order valence-corrected chi connectivity index (χ2v) is 6.19. The second-order valence-electron chi connectivity index (χ2n) is 6.19. The molecule has 0 aliphatic carbocycles. The molecule has 0 N–H and O–H groups in total. The molecule has 0 bridgehead atoms. The first-order chi connectivity index (χ1) is 12.4. The Morgan fingerprint density at radius 3 is 2.85 bits per heavy atom. The van der Waals surface area contributed by atoms with E-state index in [-0.39, 0.29) is 11.9 Å². The van der Waals surface area contributed by atoms with E-state index in [1.807, 2.05) is 0 Å². The van der Waals surface area contributed by atoms with Gasteiger partial charge in [-0.1, -0.05) is 0 Å². The summed E-state index contributed by atoms with van der Waals surface area (Å²) in [6, 6.07) is 0.668. The van der Waals surface area contributed by atoms with Gasteiger partial charge in [0.1, 0.15) is 0 Å². The van der Waals surface area contributed by atoms with Gasteiger partial charge in [0.25, 0.3) is 5.91 Å². The molecule has 1 fully saturated rings. The molecule has 0 spiro atoms. The summed E-state index contributed by atoms with van der Waals surface area (Å²) in [6.07, 6.45) is 4.46. The Morgan fingerprint density at radius 2 is 2.08 bits per heavy atom. The summed E-state index contributed by atoms with van der Waals surface area (Å²) >= 11 is 0. The smallest absolute Gasteiger partial charge is 0.336 e. The third kappa shape index (κ3) is 2.91. The molecule has 1 atom stereocenters. The van der Waals surface area contributed by atoms with E-state index in [0.717, 1.165) is 6.07 Å². The number of amides is 1. The Morgan fingerprint density at radius 1 is 1.23 bits per heavy atom. The fourth-order valence-electron chi connectivity index (χ4n) is 3.22. The van der Waals surface area contributed by atoms with Crippen molar-refractivity contribution in [3.05, 3.63) is 48.3 Å². The average molecular weight is 364 g/mol. The molecule has 1 aliphatic rings. The minimum absolute atomic E-state index is 0.207. The number of halogens is 3. The Kier molecular flexibility index (Phi) is 3.89. The molecule has 1 unspecified atom stereocenters. The third-order valence-corrected chi connectivity index (χ3v) is 4.51. The van der Waals surface area contributed by atoms with E-state index < -0.39 is 11.9 Å². The van der Waals surface area contributed by atoms with Gasteiger partial charge in [0.2, 0.25) is 0 Å². The van der Waals surface area contributed by atoms with Crippen molar-refractivity contribution in [2.75, 3.05) is 13.1 Å². The first kappa shape index (κ1) is 16.6. The number of carbonyl (C=O) groups excluding carboxylic acids is 1. The SMILES string of the molecule is O=C(c1cnn2ccncc12)N1CCCC(n2ccc(C(F)(F)F)n2)C1. The van der Waals surface area contributed by atoms with Crippen molar-refractivity contribution in [3.8, 4) is 0 Å². The van der Waals surface area contributed by atoms with Crippen LogP contribution in [0, 0.1) is 0 Å². The van der Waals surface area contributed by atoms with Gasteiger partial charge in [-0.15, -0.1) is 0 Å². The summed E-state index contributed by atoms with van der Waals surface area (Å²) in [7, 11) is 0. The highest BCUT2D eigenvalue weighted by Gasteiger charge is 2.35. The van der Waals surface area contributed by atoms with Crippen molar-refractivity contribution < 1.29 is 18.0 Å². The summed E-state index contributed by atoms with van der Waals surface area (Å²) in [5.41, 5.74) is 0.0999. The zero-order valence-corrected chi connectivity index (χ0v) is 13.6. The van der Waals surface area contributed by atoms with Crippen LogP contribution >= 0.6 is 0 Å². The lowest BCUT2D eigenvalue weighted by atomic mass is 10.0. The van der Waals surface area contributed by atoms with Gasteiger partial charge in [0.15, 0.2) is 5.69 Å². The van der Waals surface area contributed by atoms with Gasteiger partial charge in [-0.25, -0.2) is 4.52 Å². The summed E-state index contributed by atoms with van der Waals surface area (Å²) < 4.78 is 41.1. The van der Waals surface area contributed by atoms with E-state index in [1.165, 1.54) is 17.1 Å². The largest absolute Gasteiger partial charge is 0.435 e. The molecule has 0 saturated carbocycles. The van der Waals surface area contributed by atoms with E-state index in [9.17, 15) is 18.0 Å². The van der Waals surface area contributed by atoms with Gasteiger partial charge in [-0.2, -0.15) is 23.4 Å². The van der Waals surface area contributed by atoms with Crippen LogP contribution in [0.5, 0.6) is 0 Å². The van der Waals surface area contributed by atoms with E-state index in [0.29, 0.717) is 37.0 Å². The summed E-state index contributed by atoms with van der Waals surface area (Å²) in [4.78, 5) is 18.5. The molecule has 0 aromatic carbocycles. The van der Waals surface area contributed by atoms with Crippen molar-refractivity contribution in [2.45, 2.75) is 25.1 Å². The van der Waals surface area contributed by atoms with Crippen LogP contribution < -0.4 is 0 Å². The van der Waals surface area contributed by atoms with Crippen molar-refractivity contribution in [3.63, 3.8) is 0 Å². The molecule has 4 heterocycles. The van der Waals surface area contributed by atoms with Crippen LogP contribution in [0.25, 0.3) is 5.52 Å². The molecule has 0 radical (unpaired) electrons. The number of nitrogens with zero attached hydrogens (tertiary/aromatic N) is 6. The van der Waals surface area contributed by atoms with E-state index in [4.69, 9.17) is 0 Å². The minimum atomic E-state index is -4.47. The standard InChI is InChI=1S/C16H15F3N6O/c17-16(18,19)14-3-6-24(22-14)11-2-1-5-23(10-11)15(26)12-8-21-25-7-4-20-9-13(12)25/h3-4,6-9,11H,1-2,5,10H2. The molecule has 26 heavy (non-hydrogen) atoms. The van der Waals surface area contributed by atoms with E-state index >= 15 is 0 Å². The van der Waals surface area contributed by atoms with Crippen LogP contribution in [0.2, 0.25) is 0 Å². The van der Waals surface area contributed by atoms with Crippen molar-refractivity contribution in [2.24, 2.45) is 0 Å². The van der Waals surface area contributed by atoms with Crippen LogP contribution in [-0.4, -0.2) is 48.3 Å². The molecular weight excluding hydrogens is 349 g/mol. The number of carbonyl (C=O) groups is 1. The second kappa shape index (κ2) is 6.11. The van der Waals surface area contributed by atoms with Gasteiger partial charge in [0.05, 0.1) is 29.5 Å². The summed E-state index contributed by atoms with van der Waals surface area (Å²) in [5, 5.41) is 7.77. The molecule has 136 valence electrons. The first-order valence-electron chi connectivity index (χ1n) is 8.12. The van der Waals surface area contributed by atoms with Gasteiger partial charge < -0.3 is 4.90 Å². The topological polar surface area (TPSA) is 68.3 Å². The van der Waals surface area contributed by atoms with E-state index in [2.05, 4.69) is 15.2 Å². The number of alkyl halides is 3. The van der Waals surface area contributed by atoms with Crippen LogP contribution in [0.4, 0.5) is 13.2 Å². The van der Waals surface area contributed by atoms with Crippen LogP contribution in [-0.2, 0) is 6.18 Å². The van der Waals surface area contributed by atoms with Crippen molar-refractivity contribution >= 4 is 11.4 Å². The highest BCUT2D eigenvalue weighted by molar-refractivity contribution is 6.00. The normalized spacial score (nSPS) is 18.4. The number of aromatic nitrogens is 5. The molecule has 1 aliphatic heterocycles. The maximum atomic E-state index is 12.9. The minimum Gasteiger partial charge on any atom is -0.336 e. The van der Waals surface area contributed by atoms with Gasteiger partial charge >= 0.3 is 6.18 Å². The quantitative estimate of drug-likeness (QED) is 0.700. The van der Waals surface area contributed by atoms with Crippen LogP contribution in [0.3, 0.4) is 0 Å². The summed E-state index contributed by atoms with van der Waals surface area (Å²) in [5.74, 6) is -0.207. The lowest BCUT2D eigenvalue weighted by Gasteiger charge is -2.32. The van der Waals surface area contributed by atoms with Crippen molar-refractivity contribution in [1.29, 1.82) is 0 Å². The first-order valence-corrected chi connectivity index (χ1v) is 8.12. The Labute approximate surface area is 146 Å². The molecule has 1 saturated heterocycles. The Balaban J connectivity index is 1.55. The van der Waals surface area contributed by atoms with Gasteiger partial charge in [-0.3, -0.25) is 14.5 Å². The maximum Gasteiger partial charge on any atom is 0.435 e. The number of hydrogen-bond donors (Lipinski definition) is 0. The van der Waals surface area contributed by atoms with Gasteiger partial charge in [-0.05, 0) is 18.9 Å². The monoisotopic (exact) mass is 364 g/mol. The number of hydrogen-bond acceptors (Lipinski definition) is 4. The fraction of sp³-hybridized carbons (Fsp3) is 0.375. The predicted octanol–water partition coefficient (Wildman–Crippen LogP) is 2.42. The molecule has 3 aromatic heterocycles.